The zero-order valence-corrected chi connectivity index (χ0v) is 6.15. The van der Waals surface area contributed by atoms with E-state index < -0.39 is 10.8 Å². The summed E-state index contributed by atoms with van der Waals surface area (Å²) < 4.78 is 10.8. The Morgan fingerprint density at radius 3 is 2.78 bits per heavy atom. The van der Waals surface area contributed by atoms with E-state index in [-0.39, 0.29) is 5.25 Å². The summed E-state index contributed by atoms with van der Waals surface area (Å²) in [6.45, 7) is 2.02. The Morgan fingerprint density at radius 2 is 2.44 bits per heavy atom. The summed E-state index contributed by atoms with van der Waals surface area (Å²) in [7, 11) is -1.05. The zero-order valence-electron chi connectivity index (χ0n) is 5.33. The zero-order chi connectivity index (χ0) is 7.28. The molecule has 3 nitrogen and oxygen atoms in total. The van der Waals surface area contributed by atoms with Crippen molar-refractivity contribution in [1.82, 2.24) is 0 Å². The number of rotatable bonds is 3. The van der Waals surface area contributed by atoms with Crippen molar-refractivity contribution in [3.05, 3.63) is 0 Å². The molecule has 2 N–H and O–H groups in total. The van der Waals surface area contributed by atoms with Gasteiger partial charge in [0, 0.05) is 23.1 Å². The van der Waals surface area contributed by atoms with Gasteiger partial charge in [-0.2, -0.15) is 5.26 Å². The molecule has 2 unspecified atom stereocenters. The fourth-order valence-corrected chi connectivity index (χ4v) is 1.06. The molecule has 52 valence electrons. The minimum Gasteiger partial charge on any atom is -0.330 e. The van der Waals surface area contributed by atoms with Crippen molar-refractivity contribution in [3.8, 4) is 6.07 Å². The van der Waals surface area contributed by atoms with E-state index in [0.717, 1.165) is 0 Å². The highest BCUT2D eigenvalue weighted by Gasteiger charge is 2.06. The van der Waals surface area contributed by atoms with E-state index in [1.165, 1.54) is 0 Å². The Balaban J connectivity index is 3.63. The molecule has 0 fully saturated rings. The maximum atomic E-state index is 10.8. The second-order valence-corrected chi connectivity index (χ2v) is 3.52. The van der Waals surface area contributed by atoms with E-state index >= 15 is 0 Å². The van der Waals surface area contributed by atoms with Crippen LogP contribution in [0.15, 0.2) is 0 Å². The van der Waals surface area contributed by atoms with Crippen LogP contribution in [0.5, 0.6) is 0 Å². The Kier molecular flexibility index (Phi) is 4.28. The molecule has 0 aliphatic heterocycles. The molecule has 0 aromatic carbocycles. The van der Waals surface area contributed by atoms with E-state index in [1.54, 1.807) is 6.92 Å². The van der Waals surface area contributed by atoms with Crippen molar-refractivity contribution >= 4 is 10.8 Å². The Bertz CT molecular complexity index is 140. The molecular formula is C5H10N2OS. The largest absolute Gasteiger partial charge is 0.330 e. The van der Waals surface area contributed by atoms with Gasteiger partial charge in [0.15, 0.2) is 0 Å². The molecule has 0 aliphatic rings. The summed E-state index contributed by atoms with van der Waals surface area (Å²) in [6.07, 6.45) is 0. The van der Waals surface area contributed by atoms with Crippen molar-refractivity contribution in [3.63, 3.8) is 0 Å². The smallest absolute Gasteiger partial charge is 0.119 e. The Hall–Kier alpha value is -0.400. The molecule has 0 heterocycles. The molecule has 0 bridgehead atoms. The first-order valence-corrected chi connectivity index (χ1v) is 4.07. The van der Waals surface area contributed by atoms with E-state index in [1.807, 2.05) is 6.07 Å². The van der Waals surface area contributed by atoms with E-state index in [2.05, 4.69) is 0 Å². The molecule has 4 heteroatoms. The lowest BCUT2D eigenvalue weighted by Crippen LogP contribution is -2.17. The van der Waals surface area contributed by atoms with Crippen LogP contribution in [0.25, 0.3) is 0 Å². The molecule has 0 saturated heterocycles. The number of hydrogen-bond acceptors (Lipinski definition) is 3. The van der Waals surface area contributed by atoms with Crippen LogP contribution < -0.4 is 5.73 Å². The summed E-state index contributed by atoms with van der Waals surface area (Å²) in [4.78, 5) is 0. The molecule has 0 saturated carbocycles. The Morgan fingerprint density at radius 1 is 1.89 bits per heavy atom. The molecule has 0 radical (unpaired) electrons. The van der Waals surface area contributed by atoms with Gasteiger partial charge < -0.3 is 5.73 Å². The quantitative estimate of drug-likeness (QED) is 0.589. The van der Waals surface area contributed by atoms with Gasteiger partial charge in [-0.15, -0.1) is 0 Å². The van der Waals surface area contributed by atoms with Gasteiger partial charge in [0.25, 0.3) is 0 Å². The highest BCUT2D eigenvalue weighted by Crippen LogP contribution is 1.91. The van der Waals surface area contributed by atoms with Crippen LogP contribution in [-0.2, 0) is 10.8 Å². The molecular weight excluding hydrogens is 136 g/mol. The summed E-state index contributed by atoms with van der Waals surface area (Å²) in [5.74, 6) is 0.425. The van der Waals surface area contributed by atoms with Crippen molar-refractivity contribution in [1.29, 1.82) is 5.26 Å². The fraction of sp³-hybridized carbons (Fsp3) is 0.800. The third-order valence-electron chi connectivity index (χ3n) is 0.895. The first-order valence-electron chi connectivity index (χ1n) is 2.69. The van der Waals surface area contributed by atoms with Crippen LogP contribution in [0, 0.1) is 11.3 Å². The van der Waals surface area contributed by atoms with Crippen LogP contribution in [0.1, 0.15) is 6.92 Å². The van der Waals surface area contributed by atoms with Gasteiger partial charge in [-0.05, 0) is 6.92 Å². The van der Waals surface area contributed by atoms with Gasteiger partial charge in [0.05, 0.1) is 6.07 Å². The standard InChI is InChI=1S/C5H10N2OS/c1-5(4-7)9(8)3-2-6/h5H,2-3,6H2,1H3. The fourth-order valence-electron chi connectivity index (χ4n) is 0.352. The number of nitriles is 1. The lowest BCUT2D eigenvalue weighted by molar-refractivity contribution is 0.680. The number of hydrogen-bond donors (Lipinski definition) is 1. The maximum absolute atomic E-state index is 10.8. The predicted octanol–water partition coefficient (Wildman–Crippen LogP) is -0.394. The van der Waals surface area contributed by atoms with E-state index in [9.17, 15) is 4.21 Å². The summed E-state index contributed by atoms with van der Waals surface area (Å²) in [5, 5.41) is 7.87. The number of nitrogens with zero attached hydrogens (tertiary/aromatic N) is 1. The monoisotopic (exact) mass is 146 g/mol. The third-order valence-corrected chi connectivity index (χ3v) is 2.43. The van der Waals surface area contributed by atoms with Crippen LogP contribution in [-0.4, -0.2) is 21.8 Å². The van der Waals surface area contributed by atoms with Crippen molar-refractivity contribution < 1.29 is 4.21 Å². The molecule has 2 atom stereocenters. The minimum atomic E-state index is -1.05. The molecule has 0 amide bonds. The van der Waals surface area contributed by atoms with Gasteiger partial charge in [-0.25, -0.2) is 0 Å². The lowest BCUT2D eigenvalue weighted by Gasteiger charge is -1.98. The SMILES string of the molecule is CC(C#N)S(=O)CCN. The van der Waals surface area contributed by atoms with Crippen molar-refractivity contribution in [2.24, 2.45) is 5.73 Å². The molecule has 0 aromatic heterocycles. The van der Waals surface area contributed by atoms with E-state index in [0.29, 0.717) is 12.3 Å². The topological polar surface area (TPSA) is 66.9 Å². The van der Waals surface area contributed by atoms with E-state index in [4.69, 9.17) is 11.0 Å². The molecule has 9 heavy (non-hydrogen) atoms. The van der Waals surface area contributed by atoms with Crippen LogP contribution in [0.4, 0.5) is 0 Å². The molecule has 0 rings (SSSR count). The molecule has 0 aromatic rings. The summed E-state index contributed by atoms with van der Waals surface area (Å²) >= 11 is 0. The van der Waals surface area contributed by atoms with Gasteiger partial charge in [0.1, 0.15) is 5.25 Å². The number of nitrogens with two attached hydrogens (primary N) is 1. The Labute approximate surface area is 57.3 Å². The first kappa shape index (κ1) is 8.60. The summed E-state index contributed by atoms with van der Waals surface area (Å²) in [6, 6.07) is 1.89. The van der Waals surface area contributed by atoms with Crippen LogP contribution in [0.2, 0.25) is 0 Å². The van der Waals surface area contributed by atoms with Crippen LogP contribution in [0.3, 0.4) is 0 Å². The van der Waals surface area contributed by atoms with Crippen molar-refractivity contribution in [2.45, 2.75) is 12.2 Å². The average Bonchev–Trinajstić information content (AvgIpc) is 1.87. The maximum Gasteiger partial charge on any atom is 0.119 e. The first-order chi connectivity index (χ1) is 4.22. The molecule has 0 aliphatic carbocycles. The predicted molar refractivity (Wildman–Crippen MR) is 37.1 cm³/mol. The normalized spacial score (nSPS) is 16.1. The van der Waals surface area contributed by atoms with Crippen LogP contribution >= 0.6 is 0 Å². The minimum absolute atomic E-state index is 0.381. The lowest BCUT2D eigenvalue weighted by atomic mass is 10.5. The van der Waals surface area contributed by atoms with Gasteiger partial charge in [-0.1, -0.05) is 0 Å². The second-order valence-electron chi connectivity index (χ2n) is 1.64. The van der Waals surface area contributed by atoms with Gasteiger partial charge in [0.2, 0.25) is 0 Å². The molecule has 0 spiro atoms. The van der Waals surface area contributed by atoms with Gasteiger partial charge >= 0.3 is 0 Å². The second kappa shape index (κ2) is 4.48. The third kappa shape index (κ3) is 3.22. The van der Waals surface area contributed by atoms with Crippen molar-refractivity contribution in [2.75, 3.05) is 12.3 Å². The highest BCUT2D eigenvalue weighted by molar-refractivity contribution is 7.85. The highest BCUT2D eigenvalue weighted by atomic mass is 32.2. The van der Waals surface area contributed by atoms with Gasteiger partial charge in [-0.3, -0.25) is 4.21 Å². The average molecular weight is 146 g/mol. The summed E-state index contributed by atoms with van der Waals surface area (Å²) in [5.41, 5.74) is 5.12.